The molecule has 0 aromatic heterocycles. The number of nitrogens with zero attached hydrogens (tertiary/aromatic N) is 1. The summed E-state index contributed by atoms with van der Waals surface area (Å²) in [6.45, 7) is -0.511. The van der Waals surface area contributed by atoms with Crippen LogP contribution in [0.15, 0.2) is 42.7 Å². The molecule has 0 unspecified atom stereocenters. The highest BCUT2D eigenvalue weighted by atomic mass is 35.5. The Morgan fingerprint density at radius 3 is 2.50 bits per heavy atom. The van der Waals surface area contributed by atoms with E-state index in [1.165, 1.54) is 19.2 Å². The number of benzene rings is 2. The summed E-state index contributed by atoms with van der Waals surface area (Å²) in [5.74, 6) is -0.798. The van der Waals surface area contributed by atoms with Gasteiger partial charge in [-0.15, -0.1) is 0 Å². The number of halogens is 4. The van der Waals surface area contributed by atoms with Crippen molar-refractivity contribution in [1.29, 1.82) is 0 Å². The SMILES string of the molecule is CO/C=C(\NOCC(=O)OC)c1cc(Oc2ccc(C(F)(F)F)cc2Cl)ccc1[N+](=O)[O-]. The number of alkyl halides is 3. The maximum Gasteiger partial charge on any atom is 0.416 e. The summed E-state index contributed by atoms with van der Waals surface area (Å²) in [5, 5.41) is 11.1. The molecule has 0 aliphatic rings. The van der Waals surface area contributed by atoms with E-state index in [2.05, 4.69) is 10.2 Å². The van der Waals surface area contributed by atoms with Gasteiger partial charge >= 0.3 is 12.1 Å². The Morgan fingerprint density at radius 2 is 1.94 bits per heavy atom. The van der Waals surface area contributed by atoms with Gasteiger partial charge in [-0.1, -0.05) is 11.6 Å². The molecule has 0 radical (unpaired) electrons. The molecule has 9 nitrogen and oxygen atoms in total. The van der Waals surface area contributed by atoms with Gasteiger partial charge in [0, 0.05) is 6.07 Å². The van der Waals surface area contributed by atoms with E-state index in [1.54, 1.807) is 0 Å². The average Bonchev–Trinajstić information content (AvgIpc) is 2.73. The molecule has 2 aromatic rings. The number of carbonyl (C=O) groups is 1. The lowest BCUT2D eigenvalue weighted by Gasteiger charge is -2.14. The summed E-state index contributed by atoms with van der Waals surface area (Å²) < 4.78 is 53.2. The molecule has 0 saturated heterocycles. The first-order chi connectivity index (χ1) is 15.1. The van der Waals surface area contributed by atoms with Crippen LogP contribution in [0.2, 0.25) is 5.02 Å². The predicted octanol–water partition coefficient (Wildman–Crippen LogP) is 4.70. The van der Waals surface area contributed by atoms with E-state index in [0.29, 0.717) is 6.07 Å². The Labute approximate surface area is 184 Å². The molecule has 1 N–H and O–H groups in total. The zero-order valence-electron chi connectivity index (χ0n) is 16.6. The lowest BCUT2D eigenvalue weighted by Crippen LogP contribution is -2.20. The zero-order chi connectivity index (χ0) is 23.9. The van der Waals surface area contributed by atoms with Gasteiger partial charge in [-0.25, -0.2) is 4.79 Å². The largest absolute Gasteiger partial charge is 0.502 e. The first-order valence-corrected chi connectivity index (χ1v) is 8.95. The Balaban J connectivity index is 2.37. The first-order valence-electron chi connectivity index (χ1n) is 8.57. The Morgan fingerprint density at radius 1 is 1.22 bits per heavy atom. The molecule has 0 heterocycles. The minimum Gasteiger partial charge on any atom is -0.502 e. The van der Waals surface area contributed by atoms with Crippen LogP contribution in [0.5, 0.6) is 11.5 Å². The van der Waals surface area contributed by atoms with Gasteiger partial charge in [0.2, 0.25) is 0 Å². The molecule has 172 valence electrons. The third kappa shape index (κ3) is 6.49. The molecular formula is C19H16ClF3N2O7. The highest BCUT2D eigenvalue weighted by molar-refractivity contribution is 6.32. The number of nitro groups is 1. The lowest BCUT2D eigenvalue weighted by molar-refractivity contribution is -0.385. The number of hydrogen-bond donors (Lipinski definition) is 1. The molecule has 32 heavy (non-hydrogen) atoms. The highest BCUT2D eigenvalue weighted by Crippen LogP contribution is 2.37. The fourth-order valence-electron chi connectivity index (χ4n) is 2.33. The summed E-state index contributed by atoms with van der Waals surface area (Å²) in [5.41, 5.74) is 0.889. The van der Waals surface area contributed by atoms with Gasteiger partial charge in [0.05, 0.1) is 35.3 Å². The van der Waals surface area contributed by atoms with Crippen LogP contribution in [-0.2, 0) is 25.3 Å². The third-order valence-corrected chi connectivity index (χ3v) is 4.07. The minimum atomic E-state index is -4.58. The monoisotopic (exact) mass is 476 g/mol. The molecule has 0 saturated carbocycles. The molecule has 0 aliphatic heterocycles. The molecule has 0 amide bonds. The van der Waals surface area contributed by atoms with E-state index in [4.69, 9.17) is 25.9 Å². The van der Waals surface area contributed by atoms with Crippen molar-refractivity contribution in [2.24, 2.45) is 0 Å². The van der Waals surface area contributed by atoms with E-state index in [9.17, 15) is 28.1 Å². The van der Waals surface area contributed by atoms with E-state index in [-0.39, 0.29) is 33.5 Å². The minimum absolute atomic E-state index is 0.0176. The summed E-state index contributed by atoms with van der Waals surface area (Å²) in [6, 6.07) is 6.05. The van der Waals surface area contributed by atoms with Gasteiger partial charge in [0.15, 0.2) is 6.61 Å². The topological polar surface area (TPSA) is 109 Å². The molecule has 0 bridgehead atoms. The van der Waals surface area contributed by atoms with Gasteiger partial charge in [0.25, 0.3) is 5.69 Å². The summed E-state index contributed by atoms with van der Waals surface area (Å²) in [7, 11) is 2.42. The van der Waals surface area contributed by atoms with Crippen molar-refractivity contribution in [2.75, 3.05) is 20.8 Å². The number of methoxy groups -OCH3 is 2. The normalized spacial score (nSPS) is 11.6. The van der Waals surface area contributed by atoms with Crippen LogP contribution in [0.4, 0.5) is 18.9 Å². The summed E-state index contributed by atoms with van der Waals surface area (Å²) in [6.07, 6.45) is -3.51. The number of hydrogen-bond acceptors (Lipinski definition) is 8. The van der Waals surface area contributed by atoms with E-state index in [0.717, 1.165) is 31.6 Å². The smallest absolute Gasteiger partial charge is 0.416 e. The molecule has 0 fully saturated rings. The van der Waals surface area contributed by atoms with Crippen LogP contribution < -0.4 is 10.2 Å². The van der Waals surface area contributed by atoms with Crippen molar-refractivity contribution in [3.8, 4) is 11.5 Å². The Hall–Kier alpha value is -3.51. The number of ether oxygens (including phenoxy) is 3. The Kier molecular flexibility index (Phi) is 8.27. The molecule has 0 aliphatic carbocycles. The third-order valence-electron chi connectivity index (χ3n) is 3.78. The molecule has 2 aromatic carbocycles. The van der Waals surface area contributed by atoms with Crippen LogP contribution in [0, 0.1) is 10.1 Å². The number of carbonyl (C=O) groups excluding carboxylic acids is 1. The second-order valence-corrected chi connectivity index (χ2v) is 6.32. The van der Waals surface area contributed by atoms with Gasteiger partial charge in [-0.2, -0.15) is 13.2 Å². The van der Waals surface area contributed by atoms with E-state index < -0.39 is 29.2 Å². The average molecular weight is 477 g/mol. The van der Waals surface area contributed by atoms with E-state index >= 15 is 0 Å². The standard InChI is InChI=1S/C19H16ClF3N2O7/c1-29-9-15(24-31-10-18(26)30-2)13-8-12(4-5-16(13)25(27)28)32-17-6-3-11(7-14(17)20)19(21,22)23/h3-9,24H,10H2,1-2H3/b15-9-. The van der Waals surface area contributed by atoms with Gasteiger partial charge in [-0.05, 0) is 30.3 Å². The molecule has 2 rings (SSSR count). The number of nitro benzene ring substituents is 1. The zero-order valence-corrected chi connectivity index (χ0v) is 17.3. The van der Waals surface area contributed by atoms with Crippen LogP contribution in [0.1, 0.15) is 11.1 Å². The van der Waals surface area contributed by atoms with Crippen molar-refractivity contribution >= 4 is 29.0 Å². The lowest BCUT2D eigenvalue weighted by atomic mass is 10.1. The van der Waals surface area contributed by atoms with Gasteiger partial charge < -0.3 is 14.2 Å². The maximum absolute atomic E-state index is 12.8. The van der Waals surface area contributed by atoms with Crippen molar-refractivity contribution in [3.63, 3.8) is 0 Å². The number of hydroxylamine groups is 1. The molecule has 0 spiro atoms. The second-order valence-electron chi connectivity index (χ2n) is 5.92. The Bertz CT molecular complexity index is 1030. The quantitative estimate of drug-likeness (QED) is 0.240. The first kappa shape index (κ1) is 24.8. The van der Waals surface area contributed by atoms with E-state index in [1.807, 2.05) is 0 Å². The predicted molar refractivity (Wildman–Crippen MR) is 106 cm³/mol. The molecular weight excluding hydrogens is 461 g/mol. The number of esters is 1. The summed E-state index contributed by atoms with van der Waals surface area (Å²) in [4.78, 5) is 26.9. The number of rotatable bonds is 9. The van der Waals surface area contributed by atoms with Crippen molar-refractivity contribution in [3.05, 3.63) is 68.9 Å². The van der Waals surface area contributed by atoms with Crippen molar-refractivity contribution < 1.29 is 41.9 Å². The fraction of sp³-hybridized carbons (Fsp3) is 0.211. The van der Waals surface area contributed by atoms with Crippen LogP contribution >= 0.6 is 11.6 Å². The fourth-order valence-corrected chi connectivity index (χ4v) is 2.55. The van der Waals surface area contributed by atoms with Crippen LogP contribution in [-0.4, -0.2) is 31.7 Å². The van der Waals surface area contributed by atoms with Gasteiger partial charge in [0.1, 0.15) is 23.5 Å². The second kappa shape index (κ2) is 10.7. The van der Waals surface area contributed by atoms with Crippen molar-refractivity contribution in [1.82, 2.24) is 5.48 Å². The molecule has 0 atom stereocenters. The van der Waals surface area contributed by atoms with Crippen molar-refractivity contribution in [2.45, 2.75) is 6.18 Å². The molecule has 13 heteroatoms. The van der Waals surface area contributed by atoms with Gasteiger partial charge in [-0.3, -0.25) is 20.4 Å². The number of nitrogens with one attached hydrogen (secondary N) is 1. The highest BCUT2D eigenvalue weighted by Gasteiger charge is 2.31. The maximum atomic E-state index is 12.8. The van der Waals surface area contributed by atoms with Crippen LogP contribution in [0.25, 0.3) is 5.70 Å². The summed E-state index contributed by atoms with van der Waals surface area (Å²) >= 11 is 5.89. The van der Waals surface area contributed by atoms with Crippen LogP contribution in [0.3, 0.4) is 0 Å².